The maximum absolute atomic E-state index is 12.1. The monoisotopic (exact) mass is 305 g/mol. The summed E-state index contributed by atoms with van der Waals surface area (Å²) >= 11 is 6.16. The average Bonchev–Trinajstić information content (AvgIpc) is 2.73. The van der Waals surface area contributed by atoms with E-state index in [2.05, 4.69) is 15.3 Å². The molecular weight excluding hydrogens is 294 g/mol. The predicted molar refractivity (Wildman–Crippen MR) is 77.0 cm³/mol. The van der Waals surface area contributed by atoms with Crippen molar-refractivity contribution in [2.75, 3.05) is 18.5 Å². The van der Waals surface area contributed by atoms with E-state index in [-0.39, 0.29) is 11.6 Å². The number of nitrogens with one attached hydrogen (secondary N) is 1. The van der Waals surface area contributed by atoms with Crippen molar-refractivity contribution in [1.29, 1.82) is 0 Å². The Labute approximate surface area is 126 Å². The van der Waals surface area contributed by atoms with E-state index >= 15 is 0 Å². The van der Waals surface area contributed by atoms with Gasteiger partial charge in [-0.2, -0.15) is 0 Å². The number of halogens is 1. The smallest absolute Gasteiger partial charge is 0.275 e. The van der Waals surface area contributed by atoms with Crippen LogP contribution in [-0.2, 0) is 0 Å². The highest BCUT2D eigenvalue weighted by Crippen LogP contribution is 2.37. The molecule has 1 amide bonds. The third-order valence-electron chi connectivity index (χ3n) is 2.88. The second-order valence-electron chi connectivity index (χ2n) is 4.37. The molecule has 3 rings (SSSR count). The Bertz CT molecular complexity index is 664. The third kappa shape index (κ3) is 3.05. The van der Waals surface area contributed by atoms with Crippen LogP contribution in [0.2, 0.25) is 5.02 Å². The van der Waals surface area contributed by atoms with Gasteiger partial charge in [-0.3, -0.25) is 9.78 Å². The molecule has 2 aromatic rings. The van der Waals surface area contributed by atoms with Crippen LogP contribution >= 0.6 is 11.6 Å². The van der Waals surface area contributed by atoms with Gasteiger partial charge < -0.3 is 14.8 Å². The second kappa shape index (κ2) is 5.97. The summed E-state index contributed by atoms with van der Waals surface area (Å²) in [6.07, 6.45) is 5.13. The van der Waals surface area contributed by atoms with E-state index in [1.54, 1.807) is 12.1 Å². The van der Waals surface area contributed by atoms with Gasteiger partial charge in [0.15, 0.2) is 11.5 Å². The van der Waals surface area contributed by atoms with Crippen molar-refractivity contribution in [1.82, 2.24) is 9.97 Å². The number of ether oxygens (including phenoxy) is 2. The van der Waals surface area contributed by atoms with Gasteiger partial charge in [0.2, 0.25) is 0 Å². The van der Waals surface area contributed by atoms with Gasteiger partial charge in [-0.25, -0.2) is 4.98 Å². The van der Waals surface area contributed by atoms with Gasteiger partial charge >= 0.3 is 0 Å². The van der Waals surface area contributed by atoms with Crippen molar-refractivity contribution in [3.63, 3.8) is 0 Å². The van der Waals surface area contributed by atoms with E-state index in [4.69, 9.17) is 21.1 Å². The fourth-order valence-electron chi connectivity index (χ4n) is 1.88. The zero-order valence-corrected chi connectivity index (χ0v) is 11.8. The number of carbonyl (C=O) groups is 1. The minimum atomic E-state index is -0.389. The number of aromatic nitrogens is 2. The van der Waals surface area contributed by atoms with Crippen molar-refractivity contribution in [2.45, 2.75) is 6.42 Å². The van der Waals surface area contributed by atoms with Gasteiger partial charge in [0.05, 0.1) is 30.1 Å². The molecule has 0 unspecified atom stereocenters. The molecule has 108 valence electrons. The first kappa shape index (κ1) is 13.6. The predicted octanol–water partition coefficient (Wildman–Crippen LogP) is 2.54. The van der Waals surface area contributed by atoms with Crippen molar-refractivity contribution < 1.29 is 14.3 Å². The van der Waals surface area contributed by atoms with E-state index in [0.717, 1.165) is 6.42 Å². The lowest BCUT2D eigenvalue weighted by atomic mass is 10.2. The molecule has 0 saturated carbocycles. The van der Waals surface area contributed by atoms with E-state index in [0.29, 0.717) is 35.4 Å². The van der Waals surface area contributed by atoms with Gasteiger partial charge in [-0.05, 0) is 0 Å². The molecule has 6 nitrogen and oxygen atoms in total. The molecule has 21 heavy (non-hydrogen) atoms. The molecule has 1 aromatic heterocycles. The minimum Gasteiger partial charge on any atom is -0.490 e. The van der Waals surface area contributed by atoms with E-state index in [9.17, 15) is 4.79 Å². The largest absolute Gasteiger partial charge is 0.490 e. The summed E-state index contributed by atoms with van der Waals surface area (Å²) in [5.41, 5.74) is 0.650. The topological polar surface area (TPSA) is 73.3 Å². The lowest BCUT2D eigenvalue weighted by Gasteiger charge is -2.12. The molecule has 1 N–H and O–H groups in total. The Kier molecular flexibility index (Phi) is 3.87. The molecule has 0 radical (unpaired) electrons. The SMILES string of the molecule is O=C(Nc1cc2c(cc1Cl)OCCCO2)c1cnccn1. The van der Waals surface area contributed by atoms with Crippen LogP contribution in [-0.4, -0.2) is 29.1 Å². The molecule has 0 fully saturated rings. The highest BCUT2D eigenvalue weighted by molar-refractivity contribution is 6.34. The average molecular weight is 306 g/mol. The van der Waals surface area contributed by atoms with E-state index in [1.165, 1.54) is 18.6 Å². The Morgan fingerprint density at radius 3 is 2.67 bits per heavy atom. The number of nitrogens with zero attached hydrogens (tertiary/aromatic N) is 2. The standard InChI is InChI=1S/C14H12ClN3O3/c15-9-6-12-13(21-5-1-4-20-12)7-10(9)18-14(19)11-8-16-2-3-17-11/h2-3,6-8H,1,4-5H2,(H,18,19). The molecule has 7 heteroatoms. The number of anilines is 1. The lowest BCUT2D eigenvalue weighted by Crippen LogP contribution is -2.14. The molecule has 0 aliphatic carbocycles. The normalized spacial score (nSPS) is 13.4. The summed E-state index contributed by atoms with van der Waals surface area (Å²) in [6.45, 7) is 1.14. The van der Waals surface area contributed by atoms with Crippen LogP contribution in [0.3, 0.4) is 0 Å². The Morgan fingerprint density at radius 1 is 1.19 bits per heavy atom. The van der Waals surface area contributed by atoms with Crippen molar-refractivity contribution in [3.8, 4) is 11.5 Å². The first-order valence-electron chi connectivity index (χ1n) is 6.40. The molecule has 0 spiro atoms. The number of fused-ring (bicyclic) bond motifs is 1. The Balaban J connectivity index is 1.86. The summed E-state index contributed by atoms with van der Waals surface area (Å²) in [5, 5.41) is 3.06. The minimum absolute atomic E-state index is 0.209. The van der Waals surface area contributed by atoms with Crippen molar-refractivity contribution in [3.05, 3.63) is 41.4 Å². The van der Waals surface area contributed by atoms with Crippen LogP contribution in [0.4, 0.5) is 5.69 Å². The quantitative estimate of drug-likeness (QED) is 0.923. The van der Waals surface area contributed by atoms with Gasteiger partial charge in [0.25, 0.3) is 5.91 Å². The van der Waals surface area contributed by atoms with Crippen molar-refractivity contribution in [2.24, 2.45) is 0 Å². The number of hydrogen-bond acceptors (Lipinski definition) is 5. The second-order valence-corrected chi connectivity index (χ2v) is 4.78. The van der Waals surface area contributed by atoms with Crippen LogP contribution in [0.1, 0.15) is 16.9 Å². The maximum Gasteiger partial charge on any atom is 0.275 e. The van der Waals surface area contributed by atoms with Crippen LogP contribution < -0.4 is 14.8 Å². The van der Waals surface area contributed by atoms with Gasteiger partial charge in [0, 0.05) is 30.9 Å². The lowest BCUT2D eigenvalue weighted by molar-refractivity contribution is 0.102. The molecule has 2 heterocycles. The summed E-state index contributed by atoms with van der Waals surface area (Å²) < 4.78 is 11.1. The number of amides is 1. The summed E-state index contributed by atoms with van der Waals surface area (Å²) in [6, 6.07) is 3.28. The van der Waals surface area contributed by atoms with E-state index < -0.39 is 0 Å². The molecule has 1 aliphatic rings. The summed E-state index contributed by atoms with van der Waals surface area (Å²) in [7, 11) is 0. The molecule has 0 saturated heterocycles. The number of carbonyl (C=O) groups excluding carboxylic acids is 1. The van der Waals surface area contributed by atoms with Crippen LogP contribution in [0.25, 0.3) is 0 Å². The van der Waals surface area contributed by atoms with E-state index in [1.807, 2.05) is 0 Å². The zero-order chi connectivity index (χ0) is 14.7. The highest BCUT2D eigenvalue weighted by atomic mass is 35.5. The summed E-state index contributed by atoms with van der Waals surface area (Å²) in [4.78, 5) is 19.8. The van der Waals surface area contributed by atoms with Gasteiger partial charge in [0.1, 0.15) is 5.69 Å². The van der Waals surface area contributed by atoms with Crippen molar-refractivity contribution >= 4 is 23.2 Å². The molecule has 0 bridgehead atoms. The number of benzene rings is 1. The van der Waals surface area contributed by atoms with Gasteiger partial charge in [-0.15, -0.1) is 0 Å². The van der Waals surface area contributed by atoms with Crippen LogP contribution in [0, 0.1) is 0 Å². The maximum atomic E-state index is 12.1. The first-order chi connectivity index (χ1) is 10.2. The highest BCUT2D eigenvalue weighted by Gasteiger charge is 2.16. The molecule has 1 aliphatic heterocycles. The number of rotatable bonds is 2. The fourth-order valence-corrected chi connectivity index (χ4v) is 2.08. The number of hydrogen-bond donors (Lipinski definition) is 1. The summed E-state index contributed by atoms with van der Waals surface area (Å²) in [5.74, 6) is 0.751. The molecule has 1 aromatic carbocycles. The van der Waals surface area contributed by atoms with Crippen LogP contribution in [0.5, 0.6) is 11.5 Å². The molecule has 0 atom stereocenters. The Hall–Kier alpha value is -2.34. The van der Waals surface area contributed by atoms with Gasteiger partial charge in [-0.1, -0.05) is 11.6 Å². The third-order valence-corrected chi connectivity index (χ3v) is 3.19. The fraction of sp³-hybridized carbons (Fsp3) is 0.214. The molecular formula is C14H12ClN3O3. The first-order valence-corrected chi connectivity index (χ1v) is 6.78. The Morgan fingerprint density at radius 2 is 1.95 bits per heavy atom. The van der Waals surface area contributed by atoms with Crippen LogP contribution in [0.15, 0.2) is 30.7 Å². The zero-order valence-electron chi connectivity index (χ0n) is 11.0.